The molecule has 0 spiro atoms. The molecule has 92 valence electrons. The molecule has 2 heterocycles. The second-order valence-electron chi connectivity index (χ2n) is 4.71. The third-order valence-corrected chi connectivity index (χ3v) is 5.34. The van der Waals surface area contributed by atoms with Crippen LogP contribution in [0.4, 0.5) is 0 Å². The Morgan fingerprint density at radius 2 is 2.35 bits per heavy atom. The van der Waals surface area contributed by atoms with Crippen LogP contribution in [-0.2, 0) is 12.2 Å². The largest absolute Gasteiger partial charge is 0.493 e. The van der Waals surface area contributed by atoms with Crippen LogP contribution >= 0.6 is 27.7 Å². The van der Waals surface area contributed by atoms with Crippen molar-refractivity contribution in [2.24, 2.45) is 0 Å². The summed E-state index contributed by atoms with van der Waals surface area (Å²) in [6.07, 6.45) is 1.42. The van der Waals surface area contributed by atoms with E-state index in [1.807, 2.05) is 11.8 Å². The molecule has 0 saturated heterocycles. The first kappa shape index (κ1) is 11.9. The van der Waals surface area contributed by atoms with E-state index in [9.17, 15) is 5.11 Å². The van der Waals surface area contributed by atoms with Gasteiger partial charge in [0.15, 0.2) is 0 Å². The van der Waals surface area contributed by atoms with Crippen molar-refractivity contribution in [3.05, 3.63) is 27.2 Å². The number of thioether (sulfide) groups is 1. The molecule has 1 aromatic rings. The quantitative estimate of drug-likeness (QED) is 0.795. The Morgan fingerprint density at radius 3 is 3.18 bits per heavy atom. The Balaban J connectivity index is 2.16. The summed E-state index contributed by atoms with van der Waals surface area (Å²) in [5.41, 5.74) is 3.52. The molecule has 0 fully saturated rings. The molecule has 2 aliphatic heterocycles. The van der Waals surface area contributed by atoms with Gasteiger partial charge in [0.25, 0.3) is 0 Å². The van der Waals surface area contributed by atoms with E-state index in [4.69, 9.17) is 4.74 Å². The number of benzene rings is 1. The molecular formula is C13H15BrO2S. The summed E-state index contributed by atoms with van der Waals surface area (Å²) in [7, 11) is 0. The number of hydrogen-bond acceptors (Lipinski definition) is 3. The van der Waals surface area contributed by atoms with E-state index >= 15 is 0 Å². The standard InChI is InChI=1S/C13H15BrO2S/c1-7-4-11(15)12-9(6-17-7)13-8(2-3-16-13)5-10(12)14/h5,7,11,15H,2-4,6H2,1H3/t7?,11-/m0/s1. The normalized spacial score (nSPS) is 27.0. The summed E-state index contributed by atoms with van der Waals surface area (Å²) in [4.78, 5) is 0. The Hall–Kier alpha value is -0.190. The van der Waals surface area contributed by atoms with Gasteiger partial charge < -0.3 is 9.84 Å². The zero-order valence-corrected chi connectivity index (χ0v) is 12.1. The summed E-state index contributed by atoms with van der Waals surface area (Å²) in [5.74, 6) is 1.97. The number of aliphatic hydroxyl groups is 1. The maximum atomic E-state index is 10.3. The van der Waals surface area contributed by atoms with Crippen molar-refractivity contribution < 1.29 is 9.84 Å². The average molecular weight is 315 g/mol. The summed E-state index contributed by atoms with van der Waals surface area (Å²) >= 11 is 5.51. The fraction of sp³-hybridized carbons (Fsp3) is 0.538. The monoisotopic (exact) mass is 314 g/mol. The number of hydrogen-bond donors (Lipinski definition) is 1. The highest BCUT2D eigenvalue weighted by Crippen LogP contribution is 2.45. The van der Waals surface area contributed by atoms with Crippen LogP contribution in [0.15, 0.2) is 10.5 Å². The van der Waals surface area contributed by atoms with Gasteiger partial charge in [0.1, 0.15) is 5.75 Å². The number of halogens is 1. The van der Waals surface area contributed by atoms with Gasteiger partial charge in [-0.2, -0.15) is 11.8 Å². The lowest BCUT2D eigenvalue weighted by atomic mass is 9.97. The Kier molecular flexibility index (Phi) is 3.13. The van der Waals surface area contributed by atoms with Crippen molar-refractivity contribution >= 4 is 27.7 Å². The lowest BCUT2D eigenvalue weighted by Gasteiger charge is -2.17. The van der Waals surface area contributed by atoms with Gasteiger partial charge in [0, 0.05) is 33.0 Å². The molecule has 1 unspecified atom stereocenters. The third-order valence-electron chi connectivity index (χ3n) is 3.47. The highest BCUT2D eigenvalue weighted by Gasteiger charge is 2.29. The SMILES string of the molecule is CC1C[C@H](O)c2c(Br)cc3c(c2CS1)OCC3. The molecule has 17 heavy (non-hydrogen) atoms. The van der Waals surface area contributed by atoms with Crippen molar-refractivity contribution in [3.8, 4) is 5.75 Å². The second-order valence-corrected chi connectivity index (χ2v) is 6.99. The highest BCUT2D eigenvalue weighted by molar-refractivity contribution is 9.10. The van der Waals surface area contributed by atoms with Gasteiger partial charge in [-0.25, -0.2) is 0 Å². The maximum Gasteiger partial charge on any atom is 0.127 e. The van der Waals surface area contributed by atoms with E-state index < -0.39 is 0 Å². The van der Waals surface area contributed by atoms with E-state index in [0.717, 1.165) is 41.0 Å². The summed E-state index contributed by atoms with van der Waals surface area (Å²) in [6.45, 7) is 2.95. The molecule has 1 aromatic carbocycles. The molecule has 4 heteroatoms. The molecule has 0 bridgehead atoms. The summed E-state index contributed by atoms with van der Waals surface area (Å²) in [5, 5.41) is 10.8. The minimum absolute atomic E-state index is 0.376. The van der Waals surface area contributed by atoms with E-state index in [0.29, 0.717) is 5.25 Å². The van der Waals surface area contributed by atoms with Gasteiger partial charge in [-0.15, -0.1) is 0 Å². The summed E-state index contributed by atoms with van der Waals surface area (Å²) < 4.78 is 6.79. The topological polar surface area (TPSA) is 29.5 Å². The predicted octanol–water partition coefficient (Wildman–Crippen LogP) is 3.44. The molecule has 0 radical (unpaired) electrons. The zero-order valence-electron chi connectivity index (χ0n) is 9.70. The zero-order chi connectivity index (χ0) is 12.0. The second kappa shape index (κ2) is 4.48. The van der Waals surface area contributed by atoms with E-state index in [1.54, 1.807) is 0 Å². The molecule has 2 atom stereocenters. The molecule has 2 aliphatic rings. The number of rotatable bonds is 0. The van der Waals surface area contributed by atoms with Crippen molar-refractivity contribution in [2.45, 2.75) is 36.9 Å². The molecule has 3 rings (SSSR count). The Morgan fingerprint density at radius 1 is 1.53 bits per heavy atom. The lowest BCUT2D eigenvalue weighted by molar-refractivity contribution is 0.167. The molecular weight excluding hydrogens is 300 g/mol. The predicted molar refractivity (Wildman–Crippen MR) is 73.7 cm³/mol. The maximum absolute atomic E-state index is 10.3. The highest BCUT2D eigenvalue weighted by atomic mass is 79.9. The molecule has 0 aromatic heterocycles. The number of aliphatic hydroxyl groups excluding tert-OH is 1. The van der Waals surface area contributed by atoms with Crippen molar-refractivity contribution in [2.75, 3.05) is 6.61 Å². The third kappa shape index (κ3) is 2.00. The van der Waals surface area contributed by atoms with Crippen molar-refractivity contribution in [1.82, 2.24) is 0 Å². The van der Waals surface area contributed by atoms with E-state index in [1.165, 1.54) is 11.1 Å². The van der Waals surface area contributed by atoms with Gasteiger partial charge in [-0.3, -0.25) is 0 Å². The first-order valence-corrected chi connectivity index (χ1v) is 7.77. The van der Waals surface area contributed by atoms with Crippen molar-refractivity contribution in [1.29, 1.82) is 0 Å². The van der Waals surface area contributed by atoms with Gasteiger partial charge >= 0.3 is 0 Å². The van der Waals surface area contributed by atoms with Crippen LogP contribution in [-0.4, -0.2) is 17.0 Å². The van der Waals surface area contributed by atoms with Gasteiger partial charge in [-0.1, -0.05) is 22.9 Å². The molecule has 0 saturated carbocycles. The Labute approximate surface area is 114 Å². The first-order chi connectivity index (χ1) is 8.16. The fourth-order valence-electron chi connectivity index (χ4n) is 2.61. The first-order valence-electron chi connectivity index (χ1n) is 5.93. The van der Waals surface area contributed by atoms with Crippen LogP contribution in [0.2, 0.25) is 0 Å². The molecule has 0 aliphatic carbocycles. The van der Waals surface area contributed by atoms with Crippen LogP contribution in [0.1, 0.15) is 36.1 Å². The van der Waals surface area contributed by atoms with Gasteiger partial charge in [0.05, 0.1) is 12.7 Å². The minimum Gasteiger partial charge on any atom is -0.493 e. The van der Waals surface area contributed by atoms with E-state index in [2.05, 4.69) is 28.9 Å². The van der Waals surface area contributed by atoms with Crippen LogP contribution < -0.4 is 4.74 Å². The number of ether oxygens (including phenoxy) is 1. The van der Waals surface area contributed by atoms with Gasteiger partial charge in [0.2, 0.25) is 0 Å². The molecule has 0 amide bonds. The van der Waals surface area contributed by atoms with Crippen LogP contribution in [0.5, 0.6) is 5.75 Å². The van der Waals surface area contributed by atoms with Gasteiger partial charge in [-0.05, 0) is 18.1 Å². The lowest BCUT2D eigenvalue weighted by Crippen LogP contribution is -2.05. The van der Waals surface area contributed by atoms with Crippen LogP contribution in [0.25, 0.3) is 0 Å². The summed E-state index contributed by atoms with van der Waals surface area (Å²) in [6, 6.07) is 2.12. The average Bonchev–Trinajstić information content (AvgIpc) is 2.66. The van der Waals surface area contributed by atoms with Crippen molar-refractivity contribution in [3.63, 3.8) is 0 Å². The molecule has 2 nitrogen and oxygen atoms in total. The van der Waals surface area contributed by atoms with E-state index in [-0.39, 0.29) is 6.10 Å². The van der Waals surface area contributed by atoms with Crippen LogP contribution in [0, 0.1) is 0 Å². The Bertz CT molecular complexity index is 461. The fourth-order valence-corrected chi connectivity index (χ4v) is 4.45. The molecule has 1 N–H and O–H groups in total. The minimum atomic E-state index is -0.376. The van der Waals surface area contributed by atoms with Crippen LogP contribution in [0.3, 0.4) is 0 Å². The smallest absolute Gasteiger partial charge is 0.127 e. The number of fused-ring (bicyclic) bond motifs is 3.